The first-order chi connectivity index (χ1) is 8.10. The summed E-state index contributed by atoms with van der Waals surface area (Å²) in [6.45, 7) is 4.33. The van der Waals surface area contributed by atoms with Gasteiger partial charge in [0.05, 0.1) is 6.61 Å². The molecule has 0 saturated carbocycles. The van der Waals surface area contributed by atoms with Gasteiger partial charge in [0.1, 0.15) is 11.4 Å². The van der Waals surface area contributed by atoms with Gasteiger partial charge in [0.2, 0.25) is 5.88 Å². The number of esters is 1. The third-order valence-corrected chi connectivity index (χ3v) is 2.00. The summed E-state index contributed by atoms with van der Waals surface area (Å²) >= 11 is 0. The van der Waals surface area contributed by atoms with Gasteiger partial charge in [0, 0.05) is 6.54 Å². The normalized spacial score (nSPS) is 10.1. The second kappa shape index (κ2) is 6.03. The summed E-state index contributed by atoms with van der Waals surface area (Å²) in [6.07, 6.45) is 0.808. The molecular formula is C11H15FN2O3. The molecule has 94 valence electrons. The van der Waals surface area contributed by atoms with E-state index in [9.17, 15) is 9.18 Å². The Hall–Kier alpha value is -1.85. The van der Waals surface area contributed by atoms with Gasteiger partial charge in [-0.25, -0.2) is 9.18 Å². The number of carbonyl (C=O) groups is 1. The van der Waals surface area contributed by atoms with Gasteiger partial charge in [-0.2, -0.15) is 4.98 Å². The average molecular weight is 242 g/mol. The van der Waals surface area contributed by atoms with Crippen LogP contribution in [0.5, 0.6) is 5.88 Å². The standard InChI is InChI=1S/C11H15FN2O3/c1-3-5-13-9-7(11(16)17-4-2)6-8(12)10(15)14-9/h6H,3-5H2,1-2H3,(H2,13,14,15). The Kier molecular flexibility index (Phi) is 4.68. The molecule has 5 nitrogen and oxygen atoms in total. The van der Waals surface area contributed by atoms with Gasteiger partial charge in [-0.1, -0.05) is 6.92 Å². The zero-order valence-electron chi connectivity index (χ0n) is 9.79. The number of hydrogen-bond donors (Lipinski definition) is 2. The van der Waals surface area contributed by atoms with Crippen molar-refractivity contribution in [3.63, 3.8) is 0 Å². The molecule has 0 aliphatic rings. The summed E-state index contributed by atoms with van der Waals surface area (Å²) in [4.78, 5) is 15.1. The van der Waals surface area contributed by atoms with Crippen molar-refractivity contribution in [3.8, 4) is 5.88 Å². The van der Waals surface area contributed by atoms with Crippen molar-refractivity contribution in [1.29, 1.82) is 0 Å². The lowest BCUT2D eigenvalue weighted by Crippen LogP contribution is -2.12. The number of anilines is 1. The summed E-state index contributed by atoms with van der Waals surface area (Å²) in [5, 5.41) is 12.0. The summed E-state index contributed by atoms with van der Waals surface area (Å²) < 4.78 is 17.9. The Labute approximate surface area is 98.6 Å². The summed E-state index contributed by atoms with van der Waals surface area (Å²) in [6, 6.07) is 0.915. The van der Waals surface area contributed by atoms with Crippen molar-refractivity contribution in [1.82, 2.24) is 4.98 Å². The number of hydrogen-bond acceptors (Lipinski definition) is 5. The highest BCUT2D eigenvalue weighted by Crippen LogP contribution is 2.21. The Balaban J connectivity index is 3.06. The van der Waals surface area contributed by atoms with E-state index in [0.29, 0.717) is 6.54 Å². The number of rotatable bonds is 5. The molecule has 0 aliphatic heterocycles. The Morgan fingerprint density at radius 1 is 1.59 bits per heavy atom. The van der Waals surface area contributed by atoms with Crippen molar-refractivity contribution in [2.24, 2.45) is 0 Å². The van der Waals surface area contributed by atoms with Gasteiger partial charge in [0.25, 0.3) is 0 Å². The van der Waals surface area contributed by atoms with Crippen molar-refractivity contribution >= 4 is 11.8 Å². The van der Waals surface area contributed by atoms with Crippen LogP contribution in [0.15, 0.2) is 6.07 Å². The number of aromatic nitrogens is 1. The molecule has 1 aromatic heterocycles. The van der Waals surface area contributed by atoms with Crippen LogP contribution in [0.25, 0.3) is 0 Å². The van der Waals surface area contributed by atoms with Gasteiger partial charge in [0.15, 0.2) is 5.82 Å². The molecule has 0 bridgehead atoms. The van der Waals surface area contributed by atoms with E-state index in [4.69, 9.17) is 9.84 Å². The Bertz CT molecular complexity index is 410. The second-order valence-corrected chi connectivity index (χ2v) is 3.34. The van der Waals surface area contributed by atoms with E-state index in [2.05, 4.69) is 10.3 Å². The van der Waals surface area contributed by atoms with Crippen LogP contribution >= 0.6 is 0 Å². The lowest BCUT2D eigenvalue weighted by Gasteiger charge is -2.10. The maximum Gasteiger partial charge on any atom is 0.342 e. The molecule has 1 heterocycles. The highest BCUT2D eigenvalue weighted by molar-refractivity contribution is 5.94. The molecule has 0 fully saturated rings. The molecule has 0 amide bonds. The van der Waals surface area contributed by atoms with E-state index in [1.165, 1.54) is 0 Å². The molecule has 1 aromatic rings. The fourth-order valence-electron chi connectivity index (χ4n) is 1.22. The molecule has 17 heavy (non-hydrogen) atoms. The van der Waals surface area contributed by atoms with Crippen LogP contribution in [-0.2, 0) is 4.74 Å². The first kappa shape index (κ1) is 13.2. The topological polar surface area (TPSA) is 71.5 Å². The van der Waals surface area contributed by atoms with Gasteiger partial charge in [-0.3, -0.25) is 0 Å². The average Bonchev–Trinajstić information content (AvgIpc) is 2.30. The van der Waals surface area contributed by atoms with Gasteiger partial charge < -0.3 is 15.2 Å². The third-order valence-electron chi connectivity index (χ3n) is 2.00. The van der Waals surface area contributed by atoms with Crippen LogP contribution in [0, 0.1) is 5.82 Å². The number of carbonyl (C=O) groups excluding carboxylic acids is 1. The van der Waals surface area contributed by atoms with Crippen LogP contribution in [0.4, 0.5) is 10.2 Å². The largest absolute Gasteiger partial charge is 0.491 e. The number of nitrogens with one attached hydrogen (secondary N) is 1. The predicted octanol–water partition coefficient (Wildman–Crippen LogP) is 1.92. The van der Waals surface area contributed by atoms with Crippen LogP contribution < -0.4 is 5.32 Å². The monoisotopic (exact) mass is 242 g/mol. The molecule has 2 N–H and O–H groups in total. The van der Waals surface area contributed by atoms with Crippen molar-refractivity contribution in [2.45, 2.75) is 20.3 Å². The van der Waals surface area contributed by atoms with Crippen molar-refractivity contribution < 1.29 is 19.0 Å². The van der Waals surface area contributed by atoms with E-state index in [-0.39, 0.29) is 18.0 Å². The highest BCUT2D eigenvalue weighted by Gasteiger charge is 2.17. The smallest absolute Gasteiger partial charge is 0.342 e. The minimum absolute atomic E-state index is 0.0180. The van der Waals surface area contributed by atoms with Crippen molar-refractivity contribution in [2.75, 3.05) is 18.5 Å². The predicted molar refractivity (Wildman–Crippen MR) is 60.6 cm³/mol. The van der Waals surface area contributed by atoms with E-state index >= 15 is 0 Å². The Morgan fingerprint density at radius 2 is 2.29 bits per heavy atom. The molecule has 6 heteroatoms. The molecule has 0 spiro atoms. The minimum Gasteiger partial charge on any atom is -0.491 e. The quantitative estimate of drug-likeness (QED) is 0.772. The molecule has 0 unspecified atom stereocenters. The first-order valence-electron chi connectivity index (χ1n) is 5.40. The van der Waals surface area contributed by atoms with E-state index < -0.39 is 17.7 Å². The minimum atomic E-state index is -0.949. The van der Waals surface area contributed by atoms with Gasteiger partial charge in [-0.15, -0.1) is 0 Å². The lowest BCUT2D eigenvalue weighted by molar-refractivity contribution is 0.0526. The molecule has 0 aliphatic carbocycles. The summed E-state index contributed by atoms with van der Waals surface area (Å²) in [5.41, 5.74) is -0.0180. The van der Waals surface area contributed by atoms with E-state index in [0.717, 1.165) is 12.5 Å². The molecule has 0 radical (unpaired) electrons. The van der Waals surface area contributed by atoms with Crippen molar-refractivity contribution in [3.05, 3.63) is 17.4 Å². The fourth-order valence-corrected chi connectivity index (χ4v) is 1.22. The van der Waals surface area contributed by atoms with Gasteiger partial charge in [-0.05, 0) is 19.4 Å². The summed E-state index contributed by atoms with van der Waals surface area (Å²) in [7, 11) is 0. The number of nitrogens with zero attached hydrogens (tertiary/aromatic N) is 1. The maximum atomic E-state index is 13.1. The van der Waals surface area contributed by atoms with E-state index in [1.54, 1.807) is 6.92 Å². The van der Waals surface area contributed by atoms with Crippen LogP contribution in [-0.4, -0.2) is 29.2 Å². The number of halogens is 1. The first-order valence-corrected chi connectivity index (χ1v) is 5.40. The zero-order chi connectivity index (χ0) is 12.8. The molecule has 1 rings (SSSR count). The summed E-state index contributed by atoms with van der Waals surface area (Å²) in [5.74, 6) is -2.23. The Morgan fingerprint density at radius 3 is 2.88 bits per heavy atom. The molecule has 0 saturated heterocycles. The fraction of sp³-hybridized carbons (Fsp3) is 0.455. The van der Waals surface area contributed by atoms with Gasteiger partial charge >= 0.3 is 5.97 Å². The van der Waals surface area contributed by atoms with Crippen LogP contribution in [0.1, 0.15) is 30.6 Å². The molecule has 0 atom stereocenters. The lowest BCUT2D eigenvalue weighted by atomic mass is 10.2. The highest BCUT2D eigenvalue weighted by atomic mass is 19.1. The molecular weight excluding hydrogens is 227 g/mol. The zero-order valence-corrected chi connectivity index (χ0v) is 9.79. The van der Waals surface area contributed by atoms with E-state index in [1.807, 2.05) is 6.92 Å². The number of aromatic hydroxyl groups is 1. The van der Waals surface area contributed by atoms with Crippen LogP contribution in [0.3, 0.4) is 0 Å². The SMILES string of the molecule is CCCNc1nc(O)c(F)cc1C(=O)OCC. The maximum absolute atomic E-state index is 13.1. The second-order valence-electron chi connectivity index (χ2n) is 3.34. The third kappa shape index (κ3) is 3.30. The number of ether oxygens (including phenoxy) is 1. The van der Waals surface area contributed by atoms with Crippen LogP contribution in [0.2, 0.25) is 0 Å². The number of pyridine rings is 1. The molecule has 0 aromatic carbocycles.